The summed E-state index contributed by atoms with van der Waals surface area (Å²) in [6.45, 7) is 1.94. The summed E-state index contributed by atoms with van der Waals surface area (Å²) >= 11 is 0. The second-order valence-corrected chi connectivity index (χ2v) is 7.16. The number of hydrogen-bond donors (Lipinski definition) is 1. The second-order valence-electron chi connectivity index (χ2n) is 7.16. The number of aryl methyl sites for hydroxylation is 1. The number of rotatable bonds is 4. The molecule has 4 rings (SSSR count). The molecule has 2 amide bonds. The van der Waals surface area contributed by atoms with E-state index in [1.165, 1.54) is 19.1 Å². The maximum atomic E-state index is 13.5. The Bertz CT molecular complexity index is 1190. The zero-order chi connectivity index (χ0) is 22.1. The summed E-state index contributed by atoms with van der Waals surface area (Å²) in [5.41, 5.74) is 3.45. The van der Waals surface area contributed by atoms with E-state index in [9.17, 15) is 14.7 Å². The molecule has 0 fully saturated rings. The predicted molar refractivity (Wildman–Crippen MR) is 119 cm³/mol. The van der Waals surface area contributed by atoms with Gasteiger partial charge in [-0.2, -0.15) is 0 Å². The van der Waals surface area contributed by atoms with Crippen LogP contribution in [0.25, 0.3) is 11.6 Å². The molecule has 0 atom stereocenters. The molecule has 0 unspecified atom stereocenters. The minimum atomic E-state index is -0.432. The van der Waals surface area contributed by atoms with Crippen molar-refractivity contribution in [1.82, 2.24) is 0 Å². The van der Waals surface area contributed by atoms with Crippen molar-refractivity contribution in [2.24, 2.45) is 0 Å². The number of amides is 2. The number of carbonyl (C=O) groups is 2. The molecule has 3 aromatic carbocycles. The van der Waals surface area contributed by atoms with Crippen LogP contribution in [0.3, 0.4) is 0 Å². The van der Waals surface area contributed by atoms with E-state index in [0.29, 0.717) is 28.0 Å². The fraction of sp³-hybridized carbons (Fsp3) is 0.120. The van der Waals surface area contributed by atoms with Crippen LogP contribution in [-0.2, 0) is 4.79 Å². The van der Waals surface area contributed by atoms with Gasteiger partial charge in [0.2, 0.25) is 5.75 Å². The van der Waals surface area contributed by atoms with Gasteiger partial charge in [0.1, 0.15) is 0 Å². The largest absolute Gasteiger partial charge is 0.502 e. The number of aromatic hydroxyl groups is 1. The Kier molecular flexibility index (Phi) is 5.21. The van der Waals surface area contributed by atoms with E-state index in [-0.39, 0.29) is 23.2 Å². The van der Waals surface area contributed by atoms with Crippen LogP contribution >= 0.6 is 0 Å². The van der Waals surface area contributed by atoms with E-state index in [4.69, 9.17) is 9.47 Å². The summed E-state index contributed by atoms with van der Waals surface area (Å²) in [6.07, 6.45) is 1.67. The molecule has 0 spiro atoms. The lowest BCUT2D eigenvalue weighted by atomic mass is 9.91. The molecule has 0 radical (unpaired) electrons. The van der Waals surface area contributed by atoms with Gasteiger partial charge in [0, 0.05) is 11.1 Å². The van der Waals surface area contributed by atoms with Crippen molar-refractivity contribution in [2.45, 2.75) is 6.92 Å². The number of imide groups is 1. The van der Waals surface area contributed by atoms with Gasteiger partial charge in [0.25, 0.3) is 11.8 Å². The van der Waals surface area contributed by atoms with Gasteiger partial charge in [-0.15, -0.1) is 0 Å². The Hall–Kier alpha value is -4.06. The molecular formula is C25H21NO5. The van der Waals surface area contributed by atoms with Gasteiger partial charge in [0.15, 0.2) is 11.5 Å². The summed E-state index contributed by atoms with van der Waals surface area (Å²) in [7, 11) is 2.87. The third kappa shape index (κ3) is 3.53. The number of anilines is 1. The summed E-state index contributed by atoms with van der Waals surface area (Å²) in [5.74, 6) is -0.497. The SMILES string of the molecule is COc1cc(/C=C2/C(=O)N(c3ccc(C)cc3)C(=O)c3ccccc32)cc(OC)c1O. The van der Waals surface area contributed by atoms with Crippen LogP contribution in [0.15, 0.2) is 60.7 Å². The molecule has 6 heteroatoms. The molecule has 1 aliphatic heterocycles. The zero-order valence-corrected chi connectivity index (χ0v) is 17.4. The number of benzene rings is 3. The normalized spacial score (nSPS) is 14.5. The van der Waals surface area contributed by atoms with E-state index >= 15 is 0 Å². The van der Waals surface area contributed by atoms with Crippen LogP contribution in [0.4, 0.5) is 5.69 Å². The van der Waals surface area contributed by atoms with Gasteiger partial charge < -0.3 is 14.6 Å². The molecule has 1 heterocycles. The molecule has 156 valence electrons. The van der Waals surface area contributed by atoms with Gasteiger partial charge >= 0.3 is 0 Å². The second kappa shape index (κ2) is 7.99. The first-order valence-corrected chi connectivity index (χ1v) is 9.66. The Morgan fingerprint density at radius 2 is 1.42 bits per heavy atom. The Morgan fingerprint density at radius 3 is 2.00 bits per heavy atom. The quantitative estimate of drug-likeness (QED) is 0.503. The van der Waals surface area contributed by atoms with Crippen molar-refractivity contribution in [2.75, 3.05) is 19.1 Å². The molecule has 0 saturated heterocycles. The van der Waals surface area contributed by atoms with Crippen LogP contribution in [0.1, 0.15) is 27.0 Å². The number of ether oxygens (including phenoxy) is 2. The Labute approximate surface area is 180 Å². The van der Waals surface area contributed by atoms with Gasteiger partial charge in [-0.05, 0) is 54.5 Å². The number of nitrogens with zero attached hydrogens (tertiary/aromatic N) is 1. The maximum Gasteiger partial charge on any atom is 0.265 e. The molecule has 1 aliphatic rings. The van der Waals surface area contributed by atoms with Crippen LogP contribution in [0, 0.1) is 6.92 Å². The minimum absolute atomic E-state index is 0.126. The van der Waals surface area contributed by atoms with E-state index in [2.05, 4.69) is 0 Å². The summed E-state index contributed by atoms with van der Waals surface area (Å²) in [5, 5.41) is 10.2. The number of hydrogen-bond acceptors (Lipinski definition) is 5. The maximum absolute atomic E-state index is 13.5. The molecule has 0 aromatic heterocycles. The van der Waals surface area contributed by atoms with E-state index in [1.807, 2.05) is 19.1 Å². The van der Waals surface area contributed by atoms with Crippen LogP contribution < -0.4 is 14.4 Å². The topological polar surface area (TPSA) is 76.1 Å². The van der Waals surface area contributed by atoms with E-state index in [1.54, 1.807) is 54.6 Å². The molecular weight excluding hydrogens is 394 g/mol. The highest BCUT2D eigenvalue weighted by molar-refractivity contribution is 6.43. The van der Waals surface area contributed by atoms with Crippen molar-refractivity contribution < 1.29 is 24.2 Å². The van der Waals surface area contributed by atoms with Gasteiger partial charge in [-0.3, -0.25) is 9.59 Å². The highest BCUT2D eigenvalue weighted by atomic mass is 16.5. The molecule has 0 bridgehead atoms. The van der Waals surface area contributed by atoms with Crippen LogP contribution in [0.2, 0.25) is 0 Å². The number of carbonyl (C=O) groups excluding carboxylic acids is 2. The Morgan fingerprint density at radius 1 is 0.839 bits per heavy atom. The van der Waals surface area contributed by atoms with Crippen LogP contribution in [-0.4, -0.2) is 31.1 Å². The van der Waals surface area contributed by atoms with Crippen molar-refractivity contribution in [1.29, 1.82) is 0 Å². The molecule has 3 aromatic rings. The monoisotopic (exact) mass is 415 g/mol. The zero-order valence-electron chi connectivity index (χ0n) is 17.4. The molecule has 31 heavy (non-hydrogen) atoms. The molecule has 0 aliphatic carbocycles. The predicted octanol–water partition coefficient (Wildman–Crippen LogP) is 4.45. The van der Waals surface area contributed by atoms with E-state index in [0.717, 1.165) is 5.56 Å². The lowest BCUT2D eigenvalue weighted by molar-refractivity contribution is -0.112. The third-order valence-corrected chi connectivity index (χ3v) is 5.19. The number of phenols is 1. The van der Waals surface area contributed by atoms with Crippen LogP contribution in [0.5, 0.6) is 17.2 Å². The minimum Gasteiger partial charge on any atom is -0.502 e. The lowest BCUT2D eigenvalue weighted by Crippen LogP contribution is -2.41. The molecule has 6 nitrogen and oxygen atoms in total. The average Bonchev–Trinajstić information content (AvgIpc) is 2.78. The van der Waals surface area contributed by atoms with Gasteiger partial charge in [0.05, 0.1) is 19.9 Å². The summed E-state index contributed by atoms with van der Waals surface area (Å²) in [4.78, 5) is 27.8. The fourth-order valence-electron chi connectivity index (χ4n) is 3.58. The lowest BCUT2D eigenvalue weighted by Gasteiger charge is -2.28. The number of phenolic OH excluding ortho intramolecular Hbond substituents is 1. The van der Waals surface area contributed by atoms with Crippen molar-refractivity contribution >= 4 is 29.2 Å². The fourth-order valence-corrected chi connectivity index (χ4v) is 3.58. The highest BCUT2D eigenvalue weighted by Crippen LogP contribution is 2.39. The smallest absolute Gasteiger partial charge is 0.265 e. The van der Waals surface area contributed by atoms with Gasteiger partial charge in [-0.1, -0.05) is 35.9 Å². The summed E-state index contributed by atoms with van der Waals surface area (Å²) in [6, 6.07) is 17.4. The highest BCUT2D eigenvalue weighted by Gasteiger charge is 2.35. The van der Waals surface area contributed by atoms with Crippen molar-refractivity contribution in [3.8, 4) is 17.2 Å². The number of fused-ring (bicyclic) bond motifs is 1. The van der Waals surface area contributed by atoms with Crippen molar-refractivity contribution in [3.63, 3.8) is 0 Å². The molecule has 1 N–H and O–H groups in total. The third-order valence-electron chi connectivity index (χ3n) is 5.19. The average molecular weight is 415 g/mol. The number of methoxy groups -OCH3 is 2. The van der Waals surface area contributed by atoms with Gasteiger partial charge in [-0.25, -0.2) is 4.90 Å². The first-order chi connectivity index (χ1) is 14.9. The standard InChI is InChI=1S/C25H21NO5/c1-15-8-10-17(11-9-15)26-24(28)19-7-5-4-6-18(19)20(25(26)29)12-16-13-21(30-2)23(27)22(14-16)31-3/h4-14,27H,1-3H3/b20-12+. The first kappa shape index (κ1) is 20.2. The first-order valence-electron chi connectivity index (χ1n) is 9.66. The van der Waals surface area contributed by atoms with E-state index < -0.39 is 5.91 Å². The molecule has 0 saturated carbocycles. The van der Waals surface area contributed by atoms with Crippen molar-refractivity contribution in [3.05, 3.63) is 82.9 Å². The Balaban J connectivity index is 1.90. The summed E-state index contributed by atoms with van der Waals surface area (Å²) < 4.78 is 10.4.